The maximum absolute atomic E-state index is 11.4. The highest BCUT2D eigenvalue weighted by molar-refractivity contribution is 5.97. The van der Waals surface area contributed by atoms with E-state index in [0.29, 0.717) is 0 Å². The molecule has 0 spiro atoms. The van der Waals surface area contributed by atoms with Gasteiger partial charge in [-0.1, -0.05) is 0 Å². The minimum Gasteiger partial charge on any atom is -0.479 e. The first kappa shape index (κ1) is 14.5. The number of carboxylic acids is 1. The summed E-state index contributed by atoms with van der Waals surface area (Å²) in [5.74, 6) is -2.88. The quantitative estimate of drug-likeness (QED) is 0.409. The van der Waals surface area contributed by atoms with Gasteiger partial charge in [-0.05, 0) is 12.1 Å². The normalized spacial score (nSPS) is 13.4. The first-order valence-electron chi connectivity index (χ1n) is 4.97. The Morgan fingerprint density at radius 3 is 2.11 bits per heavy atom. The molecule has 102 valence electrons. The van der Waals surface area contributed by atoms with Gasteiger partial charge < -0.3 is 20.6 Å². The number of nitro benzene ring substituents is 1. The van der Waals surface area contributed by atoms with Crippen LogP contribution in [-0.2, 0) is 9.59 Å². The van der Waals surface area contributed by atoms with Crippen molar-refractivity contribution in [2.45, 2.75) is 12.2 Å². The van der Waals surface area contributed by atoms with E-state index in [-0.39, 0.29) is 11.4 Å². The molecular weight excluding hydrogens is 260 g/mol. The molecule has 0 saturated heterocycles. The Morgan fingerprint density at radius 1 is 1.16 bits per heavy atom. The molecule has 19 heavy (non-hydrogen) atoms. The molecule has 1 amide bonds. The average Bonchev–Trinajstić information content (AvgIpc) is 2.37. The van der Waals surface area contributed by atoms with Crippen molar-refractivity contribution in [3.05, 3.63) is 34.4 Å². The molecule has 0 bridgehead atoms. The number of nitrogens with zero attached hydrogens (tertiary/aromatic N) is 1. The summed E-state index contributed by atoms with van der Waals surface area (Å²) in [7, 11) is 0. The summed E-state index contributed by atoms with van der Waals surface area (Å²) in [5, 5.41) is 39.1. The van der Waals surface area contributed by atoms with E-state index in [1.807, 2.05) is 0 Å². The van der Waals surface area contributed by atoms with Crippen molar-refractivity contribution < 1.29 is 29.8 Å². The number of nitro groups is 1. The minimum atomic E-state index is -2.25. The number of carbonyl (C=O) groups excluding carboxylic acids is 1. The van der Waals surface area contributed by atoms with Crippen molar-refractivity contribution in [1.29, 1.82) is 0 Å². The van der Waals surface area contributed by atoms with E-state index < -0.39 is 29.0 Å². The number of amides is 1. The van der Waals surface area contributed by atoms with E-state index in [2.05, 4.69) is 5.32 Å². The molecule has 1 aromatic carbocycles. The van der Waals surface area contributed by atoms with Crippen LogP contribution in [-0.4, -0.2) is 44.3 Å². The standard InChI is InChI=1S/C10H10N2O7/c13-7(8(14)10(16)17)9(15)11-5-1-3-6(4-2-5)12(18)19/h1-4,7-8,13-14H,(H,11,15)(H,16,17)/t7-,8-/m0/s1. The van der Waals surface area contributed by atoms with Crippen LogP contribution in [0.25, 0.3) is 0 Å². The third-order valence-corrected chi connectivity index (χ3v) is 2.17. The van der Waals surface area contributed by atoms with Gasteiger partial charge in [0.2, 0.25) is 0 Å². The van der Waals surface area contributed by atoms with Crippen LogP contribution < -0.4 is 5.32 Å². The van der Waals surface area contributed by atoms with E-state index >= 15 is 0 Å². The first-order valence-corrected chi connectivity index (χ1v) is 4.97. The second-order valence-corrected chi connectivity index (χ2v) is 3.52. The van der Waals surface area contributed by atoms with Gasteiger partial charge in [0.05, 0.1) is 4.92 Å². The number of aliphatic hydroxyl groups excluding tert-OH is 2. The summed E-state index contributed by atoms with van der Waals surface area (Å²) < 4.78 is 0. The number of rotatable bonds is 5. The SMILES string of the molecule is O=C(O)[C@@H](O)[C@H](O)C(=O)Nc1ccc([N+](=O)[O-])cc1. The third kappa shape index (κ3) is 3.72. The maximum Gasteiger partial charge on any atom is 0.335 e. The van der Waals surface area contributed by atoms with E-state index in [1.165, 1.54) is 12.1 Å². The smallest absolute Gasteiger partial charge is 0.335 e. The molecule has 9 heteroatoms. The molecule has 1 aromatic rings. The number of carbonyl (C=O) groups is 2. The molecular formula is C10H10N2O7. The largest absolute Gasteiger partial charge is 0.479 e. The molecule has 0 saturated carbocycles. The second kappa shape index (κ2) is 5.89. The Kier molecular flexibility index (Phi) is 4.51. The van der Waals surface area contributed by atoms with Crippen molar-refractivity contribution >= 4 is 23.3 Å². The molecule has 4 N–H and O–H groups in total. The third-order valence-electron chi connectivity index (χ3n) is 2.17. The average molecular weight is 270 g/mol. The summed E-state index contributed by atoms with van der Waals surface area (Å²) in [4.78, 5) is 31.5. The number of aliphatic hydroxyl groups is 2. The maximum atomic E-state index is 11.4. The fourth-order valence-corrected chi connectivity index (χ4v) is 1.16. The Morgan fingerprint density at radius 2 is 1.68 bits per heavy atom. The topological polar surface area (TPSA) is 150 Å². The predicted octanol–water partition coefficient (Wildman–Crippen LogP) is -0.660. The number of aliphatic carboxylic acids is 1. The van der Waals surface area contributed by atoms with Crippen LogP contribution in [0.15, 0.2) is 24.3 Å². The van der Waals surface area contributed by atoms with Crippen LogP contribution in [0.1, 0.15) is 0 Å². The van der Waals surface area contributed by atoms with Crippen LogP contribution in [0.4, 0.5) is 11.4 Å². The van der Waals surface area contributed by atoms with E-state index in [4.69, 9.17) is 10.2 Å². The van der Waals surface area contributed by atoms with Gasteiger partial charge in [-0.15, -0.1) is 0 Å². The number of nitrogens with one attached hydrogen (secondary N) is 1. The van der Waals surface area contributed by atoms with Gasteiger partial charge in [0.15, 0.2) is 12.2 Å². The molecule has 1 rings (SSSR count). The highest BCUT2D eigenvalue weighted by atomic mass is 16.6. The summed E-state index contributed by atoms with van der Waals surface area (Å²) in [6.45, 7) is 0. The lowest BCUT2D eigenvalue weighted by Gasteiger charge is -2.13. The van der Waals surface area contributed by atoms with E-state index in [1.54, 1.807) is 0 Å². The molecule has 2 atom stereocenters. The van der Waals surface area contributed by atoms with Crippen LogP contribution in [0.5, 0.6) is 0 Å². The zero-order valence-electron chi connectivity index (χ0n) is 9.39. The fourth-order valence-electron chi connectivity index (χ4n) is 1.16. The highest BCUT2D eigenvalue weighted by Gasteiger charge is 2.30. The van der Waals surface area contributed by atoms with Gasteiger partial charge in [0, 0.05) is 17.8 Å². The molecule has 0 fully saturated rings. The van der Waals surface area contributed by atoms with Gasteiger partial charge >= 0.3 is 5.97 Å². The van der Waals surface area contributed by atoms with Crippen LogP contribution >= 0.6 is 0 Å². The number of non-ortho nitro benzene ring substituents is 1. The molecule has 9 nitrogen and oxygen atoms in total. The Balaban J connectivity index is 2.71. The Hall–Kier alpha value is -2.52. The molecule has 0 aliphatic heterocycles. The number of anilines is 1. The molecule has 0 heterocycles. The minimum absolute atomic E-state index is 0.118. The Bertz CT molecular complexity index is 499. The van der Waals surface area contributed by atoms with Crippen LogP contribution in [0, 0.1) is 10.1 Å². The molecule has 0 aliphatic carbocycles. The van der Waals surface area contributed by atoms with Crippen molar-refractivity contribution in [1.82, 2.24) is 0 Å². The number of hydrogen-bond acceptors (Lipinski definition) is 6. The fraction of sp³-hybridized carbons (Fsp3) is 0.200. The zero-order chi connectivity index (χ0) is 14.6. The second-order valence-electron chi connectivity index (χ2n) is 3.52. The van der Waals surface area contributed by atoms with Crippen LogP contribution in [0.2, 0.25) is 0 Å². The van der Waals surface area contributed by atoms with Gasteiger partial charge in [-0.2, -0.15) is 0 Å². The van der Waals surface area contributed by atoms with E-state index in [9.17, 15) is 24.8 Å². The van der Waals surface area contributed by atoms with Gasteiger partial charge in [0.25, 0.3) is 11.6 Å². The van der Waals surface area contributed by atoms with Crippen molar-refractivity contribution in [2.75, 3.05) is 5.32 Å². The lowest BCUT2D eigenvalue weighted by Crippen LogP contribution is -2.42. The number of benzene rings is 1. The van der Waals surface area contributed by atoms with Gasteiger partial charge in [0.1, 0.15) is 0 Å². The number of carboxylic acid groups (broad SMARTS) is 1. The number of hydrogen-bond donors (Lipinski definition) is 4. The molecule has 0 unspecified atom stereocenters. The Labute approximate surface area is 106 Å². The summed E-state index contributed by atoms with van der Waals surface area (Å²) >= 11 is 0. The van der Waals surface area contributed by atoms with E-state index in [0.717, 1.165) is 12.1 Å². The predicted molar refractivity (Wildman–Crippen MR) is 61.4 cm³/mol. The van der Waals surface area contributed by atoms with Crippen molar-refractivity contribution in [3.63, 3.8) is 0 Å². The zero-order valence-corrected chi connectivity index (χ0v) is 9.39. The van der Waals surface area contributed by atoms with Gasteiger partial charge in [-0.3, -0.25) is 14.9 Å². The molecule has 0 radical (unpaired) electrons. The first-order chi connectivity index (χ1) is 8.82. The highest BCUT2D eigenvalue weighted by Crippen LogP contribution is 2.15. The lowest BCUT2D eigenvalue weighted by molar-refractivity contribution is -0.384. The summed E-state index contributed by atoms with van der Waals surface area (Å²) in [5.41, 5.74) is -0.0728. The van der Waals surface area contributed by atoms with Crippen molar-refractivity contribution in [3.8, 4) is 0 Å². The summed E-state index contributed by atoms with van der Waals surface area (Å²) in [6, 6.07) is 4.65. The van der Waals surface area contributed by atoms with Crippen molar-refractivity contribution in [2.24, 2.45) is 0 Å². The molecule has 0 aromatic heterocycles. The molecule has 0 aliphatic rings. The lowest BCUT2D eigenvalue weighted by atomic mass is 10.2. The van der Waals surface area contributed by atoms with Crippen LogP contribution in [0.3, 0.4) is 0 Å². The summed E-state index contributed by atoms with van der Waals surface area (Å²) in [6.07, 6.45) is -4.40. The van der Waals surface area contributed by atoms with Gasteiger partial charge in [-0.25, -0.2) is 4.79 Å². The monoisotopic (exact) mass is 270 g/mol.